The molecule has 2 aromatic carbocycles. The SMILES string of the molecule is COc1ccc(S(=O)(=O)N2CCC(C(=O)N(C)Cc3ccc(Br)cc3)CC2)cc1. The van der Waals surface area contributed by atoms with Gasteiger partial charge in [0.05, 0.1) is 12.0 Å². The third kappa shape index (κ3) is 5.18. The summed E-state index contributed by atoms with van der Waals surface area (Å²) in [6.45, 7) is 1.23. The number of carbonyl (C=O) groups excluding carboxylic acids is 1. The van der Waals surface area contributed by atoms with E-state index in [0.717, 1.165) is 10.0 Å². The summed E-state index contributed by atoms with van der Waals surface area (Å²) in [6, 6.07) is 14.3. The number of amides is 1. The average molecular weight is 481 g/mol. The van der Waals surface area contributed by atoms with Crippen molar-refractivity contribution in [1.29, 1.82) is 0 Å². The van der Waals surface area contributed by atoms with E-state index in [1.807, 2.05) is 24.3 Å². The lowest BCUT2D eigenvalue weighted by Crippen LogP contribution is -2.43. The Morgan fingerprint density at radius 1 is 1.10 bits per heavy atom. The van der Waals surface area contributed by atoms with Crippen LogP contribution in [0.25, 0.3) is 0 Å². The third-order valence-electron chi connectivity index (χ3n) is 5.21. The lowest BCUT2D eigenvalue weighted by Gasteiger charge is -2.32. The first-order valence-corrected chi connectivity index (χ1v) is 11.7. The van der Waals surface area contributed by atoms with E-state index in [4.69, 9.17) is 4.74 Å². The van der Waals surface area contributed by atoms with Crippen LogP contribution in [0.4, 0.5) is 0 Å². The maximum atomic E-state index is 12.9. The number of methoxy groups -OCH3 is 1. The van der Waals surface area contributed by atoms with Gasteiger partial charge in [-0.05, 0) is 54.8 Å². The van der Waals surface area contributed by atoms with Gasteiger partial charge in [-0.3, -0.25) is 4.79 Å². The summed E-state index contributed by atoms with van der Waals surface area (Å²) in [5.74, 6) is 0.522. The smallest absolute Gasteiger partial charge is 0.243 e. The number of ether oxygens (including phenoxy) is 1. The van der Waals surface area contributed by atoms with Crippen molar-refractivity contribution in [3.05, 3.63) is 58.6 Å². The third-order valence-corrected chi connectivity index (χ3v) is 7.65. The standard InChI is InChI=1S/C21H25BrN2O4S/c1-23(15-16-3-5-18(22)6-4-16)21(25)17-11-13-24(14-12-17)29(26,27)20-9-7-19(28-2)8-10-20/h3-10,17H,11-15H2,1-2H3. The molecule has 0 spiro atoms. The van der Waals surface area contributed by atoms with Crippen molar-refractivity contribution in [2.75, 3.05) is 27.2 Å². The number of sulfonamides is 1. The molecule has 1 aliphatic heterocycles. The monoisotopic (exact) mass is 480 g/mol. The number of benzene rings is 2. The fourth-order valence-electron chi connectivity index (χ4n) is 3.49. The second-order valence-corrected chi connectivity index (χ2v) is 10.0. The molecule has 29 heavy (non-hydrogen) atoms. The van der Waals surface area contributed by atoms with E-state index < -0.39 is 10.0 Å². The highest BCUT2D eigenvalue weighted by Crippen LogP contribution is 2.26. The van der Waals surface area contributed by atoms with Crippen molar-refractivity contribution in [2.45, 2.75) is 24.3 Å². The predicted molar refractivity (Wildman–Crippen MR) is 115 cm³/mol. The highest BCUT2D eigenvalue weighted by molar-refractivity contribution is 9.10. The van der Waals surface area contributed by atoms with Crippen LogP contribution in [0.5, 0.6) is 5.75 Å². The molecule has 0 saturated carbocycles. The molecular formula is C21H25BrN2O4S. The molecule has 2 aromatic rings. The van der Waals surface area contributed by atoms with Gasteiger partial charge >= 0.3 is 0 Å². The van der Waals surface area contributed by atoms with Gasteiger partial charge in [0.25, 0.3) is 0 Å². The summed E-state index contributed by atoms with van der Waals surface area (Å²) in [4.78, 5) is 14.8. The van der Waals surface area contributed by atoms with Gasteiger partial charge < -0.3 is 9.64 Å². The summed E-state index contributed by atoms with van der Waals surface area (Å²) in [5.41, 5.74) is 1.06. The summed E-state index contributed by atoms with van der Waals surface area (Å²) < 4.78 is 33.3. The molecule has 1 amide bonds. The topological polar surface area (TPSA) is 66.9 Å². The molecule has 0 aliphatic carbocycles. The van der Waals surface area contributed by atoms with E-state index >= 15 is 0 Å². The molecule has 0 N–H and O–H groups in total. The first-order chi connectivity index (χ1) is 13.8. The quantitative estimate of drug-likeness (QED) is 0.634. The molecule has 0 aromatic heterocycles. The zero-order valence-corrected chi connectivity index (χ0v) is 18.9. The Labute approximate surface area is 180 Å². The van der Waals surface area contributed by atoms with Gasteiger partial charge in [0, 0.05) is 37.1 Å². The second kappa shape index (κ2) is 9.28. The van der Waals surface area contributed by atoms with E-state index in [2.05, 4.69) is 15.9 Å². The zero-order chi connectivity index (χ0) is 21.0. The van der Waals surface area contributed by atoms with E-state index in [0.29, 0.717) is 38.2 Å². The van der Waals surface area contributed by atoms with Gasteiger partial charge in [-0.1, -0.05) is 28.1 Å². The fraction of sp³-hybridized carbons (Fsp3) is 0.381. The van der Waals surface area contributed by atoms with Gasteiger partial charge in [0.1, 0.15) is 5.75 Å². The van der Waals surface area contributed by atoms with Crippen LogP contribution in [-0.2, 0) is 21.4 Å². The summed E-state index contributed by atoms with van der Waals surface area (Å²) in [7, 11) is -0.223. The second-order valence-electron chi connectivity index (χ2n) is 7.17. The molecule has 3 rings (SSSR count). The van der Waals surface area contributed by atoms with Crippen LogP contribution in [-0.4, -0.2) is 50.8 Å². The highest BCUT2D eigenvalue weighted by Gasteiger charge is 2.33. The first-order valence-electron chi connectivity index (χ1n) is 9.45. The number of nitrogens with zero attached hydrogens (tertiary/aromatic N) is 2. The van der Waals surface area contributed by atoms with Crippen LogP contribution >= 0.6 is 15.9 Å². The molecule has 0 radical (unpaired) electrons. The average Bonchev–Trinajstić information content (AvgIpc) is 2.75. The maximum absolute atomic E-state index is 12.9. The number of hydrogen-bond donors (Lipinski definition) is 0. The molecular weight excluding hydrogens is 456 g/mol. The van der Waals surface area contributed by atoms with Gasteiger partial charge in [-0.15, -0.1) is 0 Å². The normalized spacial score (nSPS) is 15.8. The minimum absolute atomic E-state index is 0.0643. The number of hydrogen-bond acceptors (Lipinski definition) is 4. The van der Waals surface area contributed by atoms with Crippen molar-refractivity contribution >= 4 is 31.9 Å². The van der Waals surface area contributed by atoms with Crippen molar-refractivity contribution < 1.29 is 17.9 Å². The van der Waals surface area contributed by atoms with Gasteiger partial charge in [0.15, 0.2) is 0 Å². The van der Waals surface area contributed by atoms with Gasteiger partial charge in [0.2, 0.25) is 15.9 Å². The summed E-state index contributed by atoms with van der Waals surface area (Å²) >= 11 is 3.41. The Balaban J connectivity index is 1.58. The molecule has 0 unspecified atom stereocenters. The predicted octanol–water partition coefficient (Wildman–Crippen LogP) is 3.52. The van der Waals surface area contributed by atoms with Crippen LogP contribution in [0, 0.1) is 5.92 Å². The number of carbonyl (C=O) groups is 1. The van der Waals surface area contributed by atoms with Crippen LogP contribution < -0.4 is 4.74 Å². The van der Waals surface area contributed by atoms with E-state index in [9.17, 15) is 13.2 Å². The number of halogens is 1. The van der Waals surface area contributed by atoms with Crippen molar-refractivity contribution in [3.8, 4) is 5.75 Å². The zero-order valence-electron chi connectivity index (χ0n) is 16.5. The molecule has 1 fully saturated rings. The van der Waals surface area contributed by atoms with Crippen LogP contribution in [0.15, 0.2) is 57.9 Å². The van der Waals surface area contributed by atoms with Crippen LogP contribution in [0.2, 0.25) is 0 Å². The Hall–Kier alpha value is -1.90. The fourth-order valence-corrected chi connectivity index (χ4v) is 5.23. The maximum Gasteiger partial charge on any atom is 0.243 e. The molecule has 0 atom stereocenters. The van der Waals surface area contributed by atoms with Crippen LogP contribution in [0.1, 0.15) is 18.4 Å². The van der Waals surface area contributed by atoms with Crippen molar-refractivity contribution in [3.63, 3.8) is 0 Å². The van der Waals surface area contributed by atoms with Crippen LogP contribution in [0.3, 0.4) is 0 Å². The van der Waals surface area contributed by atoms with Crippen molar-refractivity contribution in [1.82, 2.24) is 9.21 Å². The van der Waals surface area contributed by atoms with E-state index in [-0.39, 0.29) is 16.7 Å². The number of rotatable bonds is 6. The van der Waals surface area contributed by atoms with E-state index in [1.165, 1.54) is 4.31 Å². The Bertz CT molecular complexity index is 938. The minimum atomic E-state index is -3.56. The molecule has 156 valence electrons. The molecule has 1 aliphatic rings. The molecule has 8 heteroatoms. The van der Waals surface area contributed by atoms with E-state index in [1.54, 1.807) is 43.3 Å². The highest BCUT2D eigenvalue weighted by atomic mass is 79.9. The molecule has 1 saturated heterocycles. The largest absolute Gasteiger partial charge is 0.497 e. The van der Waals surface area contributed by atoms with Gasteiger partial charge in [-0.25, -0.2) is 8.42 Å². The number of piperidine rings is 1. The molecule has 0 bridgehead atoms. The Morgan fingerprint density at radius 2 is 1.69 bits per heavy atom. The lowest BCUT2D eigenvalue weighted by atomic mass is 9.96. The Morgan fingerprint density at radius 3 is 2.24 bits per heavy atom. The van der Waals surface area contributed by atoms with Gasteiger partial charge in [-0.2, -0.15) is 4.31 Å². The minimum Gasteiger partial charge on any atom is -0.497 e. The molecule has 6 nitrogen and oxygen atoms in total. The lowest BCUT2D eigenvalue weighted by molar-refractivity contribution is -0.135. The first kappa shape index (κ1) is 21.8. The molecule has 1 heterocycles. The Kier molecular flexibility index (Phi) is 6.97. The van der Waals surface area contributed by atoms with Crippen molar-refractivity contribution in [2.24, 2.45) is 5.92 Å². The summed E-state index contributed by atoms with van der Waals surface area (Å²) in [5, 5.41) is 0. The summed E-state index contributed by atoms with van der Waals surface area (Å²) in [6.07, 6.45) is 1.05.